The number of carbonyl (C=O) groups excluding carboxylic acids is 1. The lowest BCUT2D eigenvalue weighted by Crippen LogP contribution is -2.29. The zero-order valence-electron chi connectivity index (χ0n) is 13.8. The smallest absolute Gasteiger partial charge is 0.254 e. The highest BCUT2D eigenvalue weighted by Gasteiger charge is 2.35. The van der Waals surface area contributed by atoms with Gasteiger partial charge >= 0.3 is 0 Å². The summed E-state index contributed by atoms with van der Waals surface area (Å²) in [6.07, 6.45) is 0. The first-order valence-corrected chi connectivity index (χ1v) is 8.20. The minimum Gasteiger partial charge on any atom is -0.454 e. The lowest BCUT2D eigenvalue weighted by molar-refractivity contribution is 0.0786. The van der Waals surface area contributed by atoms with Gasteiger partial charge in [0, 0.05) is 24.6 Å². The van der Waals surface area contributed by atoms with Crippen molar-refractivity contribution in [2.24, 2.45) is 11.7 Å². The minimum atomic E-state index is 0. The number of ether oxygens (including phenoxy) is 2. The number of rotatable bonds is 3. The van der Waals surface area contributed by atoms with E-state index >= 15 is 0 Å². The molecule has 6 heteroatoms. The van der Waals surface area contributed by atoms with E-state index < -0.39 is 0 Å². The molecule has 2 aliphatic heterocycles. The summed E-state index contributed by atoms with van der Waals surface area (Å²) in [5.41, 5.74) is 7.83. The van der Waals surface area contributed by atoms with Crippen LogP contribution in [0.3, 0.4) is 0 Å². The Morgan fingerprint density at radius 2 is 1.84 bits per heavy atom. The predicted molar refractivity (Wildman–Crippen MR) is 97.4 cm³/mol. The molecule has 5 nitrogen and oxygen atoms in total. The van der Waals surface area contributed by atoms with Gasteiger partial charge in [-0.3, -0.25) is 4.79 Å². The maximum atomic E-state index is 12.9. The van der Waals surface area contributed by atoms with E-state index in [1.165, 1.54) is 5.56 Å². The summed E-state index contributed by atoms with van der Waals surface area (Å²) in [6, 6.07) is 15.6. The van der Waals surface area contributed by atoms with E-state index in [2.05, 4.69) is 12.1 Å². The molecule has 2 aliphatic rings. The Morgan fingerprint density at radius 1 is 1.08 bits per heavy atom. The summed E-state index contributed by atoms with van der Waals surface area (Å²) in [5.74, 6) is 1.91. The van der Waals surface area contributed by atoms with Crippen molar-refractivity contribution in [2.75, 3.05) is 26.4 Å². The topological polar surface area (TPSA) is 64.8 Å². The number of fused-ring (bicyclic) bond motifs is 1. The molecular weight excluding hydrogens is 340 g/mol. The van der Waals surface area contributed by atoms with E-state index in [-0.39, 0.29) is 36.9 Å². The average molecular weight is 361 g/mol. The lowest BCUT2D eigenvalue weighted by atomic mass is 9.89. The molecule has 2 heterocycles. The van der Waals surface area contributed by atoms with Crippen LogP contribution in [0.1, 0.15) is 21.8 Å². The second kappa shape index (κ2) is 7.33. The molecule has 1 amide bonds. The van der Waals surface area contributed by atoms with Gasteiger partial charge in [-0.15, -0.1) is 12.4 Å². The summed E-state index contributed by atoms with van der Waals surface area (Å²) in [6.45, 7) is 2.16. The van der Waals surface area contributed by atoms with Crippen molar-refractivity contribution in [3.8, 4) is 11.5 Å². The Balaban J connectivity index is 0.00000182. The number of amides is 1. The number of carbonyl (C=O) groups is 1. The molecule has 0 bridgehead atoms. The van der Waals surface area contributed by atoms with Gasteiger partial charge in [-0.05, 0) is 36.2 Å². The van der Waals surface area contributed by atoms with Gasteiger partial charge in [0.15, 0.2) is 11.5 Å². The largest absolute Gasteiger partial charge is 0.454 e. The van der Waals surface area contributed by atoms with E-state index in [0.717, 1.165) is 0 Å². The maximum absolute atomic E-state index is 12.9. The normalized spacial score (nSPS) is 21.1. The van der Waals surface area contributed by atoms with Gasteiger partial charge in [-0.25, -0.2) is 0 Å². The van der Waals surface area contributed by atoms with Crippen LogP contribution in [0, 0.1) is 5.92 Å². The molecule has 2 aromatic carbocycles. The predicted octanol–water partition coefficient (Wildman–Crippen LogP) is 2.65. The van der Waals surface area contributed by atoms with E-state index in [1.807, 2.05) is 23.1 Å². The Labute approximate surface area is 153 Å². The average Bonchev–Trinajstić information content (AvgIpc) is 3.27. The van der Waals surface area contributed by atoms with Crippen LogP contribution in [0.5, 0.6) is 11.5 Å². The van der Waals surface area contributed by atoms with E-state index in [0.29, 0.717) is 36.7 Å². The van der Waals surface area contributed by atoms with Crippen molar-refractivity contribution in [1.29, 1.82) is 0 Å². The van der Waals surface area contributed by atoms with Crippen molar-refractivity contribution >= 4 is 18.3 Å². The monoisotopic (exact) mass is 360 g/mol. The highest BCUT2D eigenvalue weighted by atomic mass is 35.5. The van der Waals surface area contributed by atoms with Crippen molar-refractivity contribution in [3.63, 3.8) is 0 Å². The molecule has 4 rings (SSSR count). The van der Waals surface area contributed by atoms with Crippen molar-refractivity contribution in [1.82, 2.24) is 4.90 Å². The Kier molecular flexibility index (Phi) is 5.16. The summed E-state index contributed by atoms with van der Waals surface area (Å²) >= 11 is 0. The van der Waals surface area contributed by atoms with Crippen molar-refractivity contribution < 1.29 is 14.3 Å². The van der Waals surface area contributed by atoms with Crippen LogP contribution in [0.15, 0.2) is 48.5 Å². The summed E-state index contributed by atoms with van der Waals surface area (Å²) in [5, 5.41) is 0. The number of likely N-dealkylation sites (tertiary alicyclic amines) is 1. The third-order valence-electron chi connectivity index (χ3n) is 4.88. The molecule has 132 valence electrons. The standard InChI is InChI=1S/C19H20N2O3.ClH/c20-9-15-10-21(11-16(15)13-4-2-1-3-5-13)19(22)14-6-7-17-18(8-14)24-12-23-17;/h1-8,15-16H,9-12,20H2;1H/t15-,16+;/m1./s1. The number of halogens is 1. The first-order chi connectivity index (χ1) is 11.8. The van der Waals surface area contributed by atoms with Gasteiger partial charge in [0.1, 0.15) is 0 Å². The molecule has 0 aliphatic carbocycles. The maximum Gasteiger partial charge on any atom is 0.254 e. The van der Waals surface area contributed by atoms with Crippen molar-refractivity contribution in [2.45, 2.75) is 5.92 Å². The van der Waals surface area contributed by atoms with Crippen LogP contribution in [-0.4, -0.2) is 37.2 Å². The molecule has 0 spiro atoms. The van der Waals surface area contributed by atoms with Crippen molar-refractivity contribution in [3.05, 3.63) is 59.7 Å². The van der Waals surface area contributed by atoms with Crippen LogP contribution in [-0.2, 0) is 0 Å². The Hall–Kier alpha value is -2.24. The quantitative estimate of drug-likeness (QED) is 0.913. The van der Waals surface area contributed by atoms with Gasteiger partial charge < -0.3 is 20.1 Å². The zero-order chi connectivity index (χ0) is 16.5. The summed E-state index contributed by atoms with van der Waals surface area (Å²) in [4.78, 5) is 14.8. The first-order valence-electron chi connectivity index (χ1n) is 8.20. The highest BCUT2D eigenvalue weighted by Crippen LogP contribution is 2.35. The van der Waals surface area contributed by atoms with Crippen LogP contribution >= 0.6 is 12.4 Å². The molecule has 1 saturated heterocycles. The molecule has 2 atom stereocenters. The van der Waals surface area contributed by atoms with Gasteiger partial charge in [0.05, 0.1) is 0 Å². The lowest BCUT2D eigenvalue weighted by Gasteiger charge is -2.17. The van der Waals surface area contributed by atoms with E-state index in [4.69, 9.17) is 15.2 Å². The SMILES string of the molecule is Cl.NC[C@@H]1CN(C(=O)c2ccc3c(c2)OCO3)C[C@H]1c1ccccc1. The summed E-state index contributed by atoms with van der Waals surface area (Å²) < 4.78 is 10.7. The number of hydrogen-bond acceptors (Lipinski definition) is 4. The molecule has 2 N–H and O–H groups in total. The fourth-order valence-corrected chi connectivity index (χ4v) is 3.57. The van der Waals surface area contributed by atoms with Gasteiger partial charge in [-0.1, -0.05) is 30.3 Å². The van der Waals surface area contributed by atoms with E-state index in [1.54, 1.807) is 18.2 Å². The number of benzene rings is 2. The Bertz CT molecular complexity index is 754. The molecule has 25 heavy (non-hydrogen) atoms. The molecule has 0 saturated carbocycles. The number of nitrogens with two attached hydrogens (primary N) is 1. The molecule has 0 aromatic heterocycles. The second-order valence-electron chi connectivity index (χ2n) is 6.29. The first kappa shape index (κ1) is 17.6. The van der Waals surface area contributed by atoms with Crippen LogP contribution in [0.25, 0.3) is 0 Å². The highest BCUT2D eigenvalue weighted by molar-refractivity contribution is 5.95. The zero-order valence-corrected chi connectivity index (χ0v) is 14.6. The number of hydrogen-bond donors (Lipinski definition) is 1. The molecule has 0 unspecified atom stereocenters. The third kappa shape index (κ3) is 3.30. The van der Waals surface area contributed by atoms with Crippen LogP contribution in [0.4, 0.5) is 0 Å². The minimum absolute atomic E-state index is 0. The number of nitrogens with zero attached hydrogens (tertiary/aromatic N) is 1. The van der Waals surface area contributed by atoms with Gasteiger partial charge in [-0.2, -0.15) is 0 Å². The summed E-state index contributed by atoms with van der Waals surface area (Å²) in [7, 11) is 0. The fraction of sp³-hybridized carbons (Fsp3) is 0.316. The van der Waals surface area contributed by atoms with E-state index in [9.17, 15) is 4.79 Å². The molecule has 1 fully saturated rings. The fourth-order valence-electron chi connectivity index (χ4n) is 3.57. The molecule has 2 aromatic rings. The molecule has 0 radical (unpaired) electrons. The van der Waals surface area contributed by atoms with Crippen LogP contribution in [0.2, 0.25) is 0 Å². The molecular formula is C19H21ClN2O3. The Morgan fingerprint density at radius 3 is 2.60 bits per heavy atom. The third-order valence-corrected chi connectivity index (χ3v) is 4.88. The van der Waals surface area contributed by atoms with Gasteiger partial charge in [0.25, 0.3) is 5.91 Å². The second-order valence-corrected chi connectivity index (χ2v) is 6.29. The van der Waals surface area contributed by atoms with Gasteiger partial charge in [0.2, 0.25) is 6.79 Å². The van der Waals surface area contributed by atoms with Crippen LogP contribution < -0.4 is 15.2 Å².